The Morgan fingerprint density at radius 2 is 1.38 bits per heavy atom. The van der Waals surface area contributed by atoms with Gasteiger partial charge in [-0.2, -0.15) is 39.5 Å². The van der Waals surface area contributed by atoms with E-state index in [4.69, 9.17) is 0 Å². The molecule has 0 aliphatic heterocycles. The minimum Gasteiger partial charge on any atom is -0.393 e. The van der Waals surface area contributed by atoms with Gasteiger partial charge in [0.15, 0.2) is 0 Å². The number of halogens is 9. The number of hydrogen-bond donors (Lipinski definition) is 0. The zero-order valence-corrected chi connectivity index (χ0v) is 10.3. The SMILES string of the molecule is C=C(C)C(=O)OC(F)(F)C(F)(F)C(F)(F)CCC(F)(F)F. The molecule has 0 radical (unpaired) electrons. The molecule has 11 heteroatoms. The smallest absolute Gasteiger partial charge is 0.393 e. The van der Waals surface area contributed by atoms with Gasteiger partial charge in [0.25, 0.3) is 0 Å². The first-order chi connectivity index (χ1) is 9.03. The molecule has 0 fully saturated rings. The molecule has 0 unspecified atom stereocenters. The molecule has 0 bridgehead atoms. The average Bonchev–Trinajstić information content (AvgIpc) is 2.24. The van der Waals surface area contributed by atoms with Gasteiger partial charge in [-0.3, -0.25) is 0 Å². The van der Waals surface area contributed by atoms with Crippen molar-refractivity contribution in [2.75, 3.05) is 0 Å². The van der Waals surface area contributed by atoms with Gasteiger partial charge in [0.1, 0.15) is 0 Å². The largest absolute Gasteiger partial charge is 0.473 e. The fraction of sp³-hybridized carbons (Fsp3) is 0.700. The predicted octanol–water partition coefficient (Wildman–Crippen LogP) is 4.31. The van der Waals surface area contributed by atoms with E-state index in [1.165, 1.54) is 0 Å². The van der Waals surface area contributed by atoms with E-state index >= 15 is 0 Å². The molecule has 124 valence electrons. The summed E-state index contributed by atoms with van der Waals surface area (Å²) in [5.74, 6) is -14.2. The maximum absolute atomic E-state index is 13.0. The molecule has 2 nitrogen and oxygen atoms in total. The van der Waals surface area contributed by atoms with Crippen molar-refractivity contribution in [1.82, 2.24) is 0 Å². The van der Waals surface area contributed by atoms with Gasteiger partial charge in [-0.15, -0.1) is 0 Å². The Morgan fingerprint density at radius 3 is 1.71 bits per heavy atom. The third-order valence-corrected chi connectivity index (χ3v) is 2.12. The third kappa shape index (κ3) is 4.81. The quantitative estimate of drug-likeness (QED) is 0.412. The molecule has 0 rings (SSSR count). The second-order valence-corrected chi connectivity index (χ2v) is 4.08. The van der Waals surface area contributed by atoms with Crippen LogP contribution in [-0.4, -0.2) is 30.1 Å². The lowest BCUT2D eigenvalue weighted by Crippen LogP contribution is -2.56. The van der Waals surface area contributed by atoms with Gasteiger partial charge in [-0.1, -0.05) is 6.58 Å². The Kier molecular flexibility index (Phi) is 5.37. The highest BCUT2D eigenvalue weighted by Crippen LogP contribution is 2.49. The number of rotatable bonds is 6. The van der Waals surface area contributed by atoms with Gasteiger partial charge in [0, 0.05) is 18.4 Å². The van der Waals surface area contributed by atoms with Crippen molar-refractivity contribution in [1.29, 1.82) is 0 Å². The maximum Gasteiger partial charge on any atom is 0.473 e. The molecule has 0 amide bonds. The van der Waals surface area contributed by atoms with E-state index in [0.29, 0.717) is 0 Å². The maximum atomic E-state index is 13.0. The molecule has 0 heterocycles. The Morgan fingerprint density at radius 1 is 0.952 bits per heavy atom. The number of alkyl halides is 9. The molecule has 0 spiro atoms. The fourth-order valence-electron chi connectivity index (χ4n) is 0.936. The number of carbonyl (C=O) groups is 1. The van der Waals surface area contributed by atoms with Crippen molar-refractivity contribution < 1.29 is 49.0 Å². The summed E-state index contributed by atoms with van der Waals surface area (Å²) in [7, 11) is 0. The van der Waals surface area contributed by atoms with Crippen molar-refractivity contribution in [3.8, 4) is 0 Å². The highest BCUT2D eigenvalue weighted by atomic mass is 19.4. The zero-order chi connectivity index (χ0) is 17.3. The van der Waals surface area contributed by atoms with Crippen molar-refractivity contribution in [2.45, 2.75) is 43.9 Å². The van der Waals surface area contributed by atoms with Crippen LogP contribution >= 0.6 is 0 Å². The van der Waals surface area contributed by atoms with Crippen LogP contribution in [0.5, 0.6) is 0 Å². The van der Waals surface area contributed by atoms with Crippen LogP contribution in [-0.2, 0) is 9.53 Å². The zero-order valence-electron chi connectivity index (χ0n) is 10.3. The van der Waals surface area contributed by atoms with Gasteiger partial charge in [-0.25, -0.2) is 4.79 Å². The molecule has 0 saturated heterocycles. The first-order valence-corrected chi connectivity index (χ1v) is 5.12. The Labute approximate surface area is 112 Å². The molecule has 0 saturated carbocycles. The summed E-state index contributed by atoms with van der Waals surface area (Å²) in [6, 6.07) is 0. The fourth-order valence-corrected chi connectivity index (χ4v) is 0.936. The Hall–Kier alpha value is -1.42. The van der Waals surface area contributed by atoms with Crippen molar-refractivity contribution in [2.24, 2.45) is 0 Å². The Bertz CT molecular complexity index is 411. The first-order valence-electron chi connectivity index (χ1n) is 5.12. The number of esters is 1. The number of hydrogen-bond acceptors (Lipinski definition) is 2. The Balaban J connectivity index is 5.22. The number of ether oxygens (including phenoxy) is 1. The lowest BCUT2D eigenvalue weighted by Gasteiger charge is -2.31. The average molecular weight is 332 g/mol. The van der Waals surface area contributed by atoms with Gasteiger partial charge in [0.2, 0.25) is 0 Å². The molecule has 0 aromatic rings. The lowest BCUT2D eigenvalue weighted by molar-refractivity contribution is -0.386. The summed E-state index contributed by atoms with van der Waals surface area (Å²) >= 11 is 0. The summed E-state index contributed by atoms with van der Waals surface area (Å²) in [6.45, 7) is 3.54. The number of carbonyl (C=O) groups excluding carboxylic acids is 1. The molecule has 0 aromatic heterocycles. The summed E-state index contributed by atoms with van der Waals surface area (Å²) in [4.78, 5) is 10.7. The highest BCUT2D eigenvalue weighted by molar-refractivity contribution is 5.87. The lowest BCUT2D eigenvalue weighted by atomic mass is 10.1. The minimum atomic E-state index is -6.32. The van der Waals surface area contributed by atoms with Crippen LogP contribution in [0, 0.1) is 0 Å². The monoisotopic (exact) mass is 332 g/mol. The van der Waals surface area contributed by atoms with E-state index < -0.39 is 48.5 Å². The second-order valence-electron chi connectivity index (χ2n) is 4.08. The van der Waals surface area contributed by atoms with E-state index in [0.717, 1.165) is 6.92 Å². The van der Waals surface area contributed by atoms with Crippen LogP contribution < -0.4 is 0 Å². The van der Waals surface area contributed by atoms with Crippen molar-refractivity contribution in [3.63, 3.8) is 0 Å². The van der Waals surface area contributed by atoms with Crippen LogP contribution in [0.4, 0.5) is 39.5 Å². The summed E-state index contributed by atoms with van der Waals surface area (Å²) in [6.07, 6.45) is -16.3. The van der Waals surface area contributed by atoms with E-state index in [-0.39, 0.29) is 0 Å². The molecule has 21 heavy (non-hydrogen) atoms. The second kappa shape index (κ2) is 5.76. The molecule has 0 N–H and O–H groups in total. The molecular formula is C10H9F9O2. The molecule has 0 aromatic carbocycles. The van der Waals surface area contributed by atoms with E-state index in [9.17, 15) is 44.3 Å². The van der Waals surface area contributed by atoms with Crippen LogP contribution in [0.15, 0.2) is 12.2 Å². The van der Waals surface area contributed by atoms with Crippen LogP contribution in [0.25, 0.3) is 0 Å². The highest BCUT2D eigenvalue weighted by Gasteiger charge is 2.74. The van der Waals surface area contributed by atoms with E-state index in [1.807, 2.05) is 0 Å². The molecule has 0 atom stereocenters. The summed E-state index contributed by atoms with van der Waals surface area (Å²) in [5, 5.41) is 0. The van der Waals surface area contributed by atoms with Crippen LogP contribution in [0.2, 0.25) is 0 Å². The van der Waals surface area contributed by atoms with Gasteiger partial charge in [-0.05, 0) is 6.92 Å². The third-order valence-electron chi connectivity index (χ3n) is 2.12. The summed E-state index contributed by atoms with van der Waals surface area (Å²) < 4.78 is 116. The van der Waals surface area contributed by atoms with E-state index in [2.05, 4.69) is 11.3 Å². The molecular weight excluding hydrogens is 323 g/mol. The van der Waals surface area contributed by atoms with Gasteiger partial charge >= 0.3 is 30.1 Å². The van der Waals surface area contributed by atoms with Crippen molar-refractivity contribution in [3.05, 3.63) is 12.2 Å². The summed E-state index contributed by atoms with van der Waals surface area (Å²) in [5.41, 5.74) is -0.788. The van der Waals surface area contributed by atoms with Gasteiger partial charge < -0.3 is 4.74 Å². The molecule has 0 aliphatic carbocycles. The van der Waals surface area contributed by atoms with Crippen molar-refractivity contribution >= 4 is 5.97 Å². The van der Waals surface area contributed by atoms with E-state index in [1.54, 1.807) is 0 Å². The standard InChI is InChI=1S/C10H9F9O2/c1-5(2)6(20)21-10(18,19)9(16,17)7(11,12)3-4-8(13,14)15/h1,3-4H2,2H3. The first kappa shape index (κ1) is 19.6. The van der Waals surface area contributed by atoms with Crippen LogP contribution in [0.1, 0.15) is 19.8 Å². The minimum absolute atomic E-state index is 0.776. The van der Waals surface area contributed by atoms with Crippen LogP contribution in [0.3, 0.4) is 0 Å². The van der Waals surface area contributed by atoms with Gasteiger partial charge in [0.05, 0.1) is 0 Å². The molecule has 0 aliphatic rings. The topological polar surface area (TPSA) is 26.3 Å². The predicted molar refractivity (Wildman–Crippen MR) is 51.0 cm³/mol. The normalized spacial score (nSPS) is 14.0.